The van der Waals surface area contributed by atoms with Crippen LogP contribution in [-0.4, -0.2) is 39.7 Å². The summed E-state index contributed by atoms with van der Waals surface area (Å²) in [5.74, 6) is -1.80. The van der Waals surface area contributed by atoms with E-state index in [0.717, 1.165) is 0 Å². The zero-order valence-corrected chi connectivity index (χ0v) is 16.1. The van der Waals surface area contributed by atoms with Crippen LogP contribution in [-0.2, 0) is 18.7 Å². The number of carbonyl (C=O) groups is 1. The topological polar surface area (TPSA) is 44.8 Å². The predicted molar refractivity (Wildman–Crippen MR) is 91.5 cm³/mol. The molecule has 0 aliphatic heterocycles. The molecule has 0 spiro atoms. The van der Waals surface area contributed by atoms with Crippen LogP contribution in [0.4, 0.5) is 0 Å². The summed E-state index contributed by atoms with van der Waals surface area (Å²) < 4.78 is 17.3. The average Bonchev–Trinajstić information content (AvgIpc) is 2.42. The maximum Gasteiger partial charge on any atom is 0.234 e. The van der Waals surface area contributed by atoms with Gasteiger partial charge in [-0.3, -0.25) is 4.79 Å². The van der Waals surface area contributed by atoms with Gasteiger partial charge >= 0.3 is 0 Å². The molecule has 126 valence electrons. The van der Waals surface area contributed by atoms with E-state index in [0.29, 0.717) is 13.2 Å². The van der Waals surface area contributed by atoms with E-state index in [2.05, 4.69) is 33.9 Å². The van der Waals surface area contributed by atoms with Crippen molar-refractivity contribution in [2.75, 3.05) is 20.3 Å². The van der Waals surface area contributed by atoms with Crippen molar-refractivity contribution in [1.82, 2.24) is 0 Å². The number of hydrogen-bond donors (Lipinski definition) is 0. The first-order valence-corrected chi connectivity index (χ1v) is 10.7. The van der Waals surface area contributed by atoms with Crippen LogP contribution in [0.2, 0.25) is 18.1 Å². The quantitative estimate of drug-likeness (QED) is 0.304. The Kier molecular flexibility index (Phi) is 6.59. The van der Waals surface area contributed by atoms with Crippen molar-refractivity contribution < 1.29 is 18.7 Å². The number of halogens is 1. The molecule has 0 aromatic carbocycles. The van der Waals surface area contributed by atoms with Gasteiger partial charge < -0.3 is 13.9 Å². The van der Waals surface area contributed by atoms with E-state index in [4.69, 9.17) is 25.5 Å². The Labute approximate surface area is 139 Å². The van der Waals surface area contributed by atoms with Crippen LogP contribution in [0.1, 0.15) is 20.8 Å². The third kappa shape index (κ3) is 4.52. The second-order valence-corrected chi connectivity index (χ2v) is 12.1. The van der Waals surface area contributed by atoms with Gasteiger partial charge in [-0.05, 0) is 35.8 Å². The van der Waals surface area contributed by atoms with Crippen LogP contribution in [0.5, 0.6) is 0 Å². The highest BCUT2D eigenvalue weighted by atomic mass is 35.5. The fraction of sp³-hybridized carbons (Fsp3) is 0.688. The lowest BCUT2D eigenvalue weighted by atomic mass is 9.94. The van der Waals surface area contributed by atoms with E-state index in [1.807, 2.05) is 0 Å². The summed E-state index contributed by atoms with van der Waals surface area (Å²) in [6.07, 6.45) is 6.95. The molecule has 2 atom stereocenters. The van der Waals surface area contributed by atoms with Gasteiger partial charge in [0, 0.05) is 7.11 Å². The summed E-state index contributed by atoms with van der Waals surface area (Å²) in [5.41, 5.74) is 0. The molecule has 4 nitrogen and oxygen atoms in total. The molecule has 0 aromatic rings. The number of ether oxygens (including phenoxy) is 2. The molecular weight excluding hydrogens is 320 g/mol. The molecule has 0 saturated heterocycles. The fourth-order valence-electron chi connectivity index (χ4n) is 1.94. The first kappa shape index (κ1) is 19.6. The van der Waals surface area contributed by atoms with Crippen molar-refractivity contribution in [1.29, 1.82) is 0 Å². The first-order chi connectivity index (χ1) is 10.1. The molecule has 0 N–H and O–H groups in total. The maximum atomic E-state index is 11.6. The van der Waals surface area contributed by atoms with Crippen LogP contribution < -0.4 is 0 Å². The third-order valence-electron chi connectivity index (χ3n) is 4.42. The molecule has 0 amide bonds. The normalized spacial score (nSPS) is 25.5. The summed E-state index contributed by atoms with van der Waals surface area (Å²) in [4.78, 5) is 11.6. The highest BCUT2D eigenvalue weighted by Gasteiger charge is 2.42. The Morgan fingerprint density at radius 1 is 1.27 bits per heavy atom. The predicted octanol–water partition coefficient (Wildman–Crippen LogP) is 3.88. The Hall–Kier alpha value is -0.463. The van der Waals surface area contributed by atoms with Crippen molar-refractivity contribution in [2.45, 2.75) is 44.7 Å². The molecule has 2 unspecified atom stereocenters. The second-order valence-electron chi connectivity index (χ2n) is 6.91. The number of rotatable bonds is 7. The average molecular weight is 347 g/mol. The van der Waals surface area contributed by atoms with E-state index < -0.39 is 25.3 Å². The van der Waals surface area contributed by atoms with E-state index in [9.17, 15) is 4.79 Å². The van der Waals surface area contributed by atoms with E-state index in [1.165, 1.54) is 7.11 Å². The molecule has 0 aromatic heterocycles. The van der Waals surface area contributed by atoms with Gasteiger partial charge in [-0.15, -0.1) is 0 Å². The molecule has 0 radical (unpaired) electrons. The van der Waals surface area contributed by atoms with Crippen LogP contribution in [0.15, 0.2) is 24.3 Å². The Bertz CT molecular complexity index is 454. The molecular formula is C16H27ClO4Si. The highest BCUT2D eigenvalue weighted by Crippen LogP contribution is 2.36. The van der Waals surface area contributed by atoms with Gasteiger partial charge in [0.25, 0.3) is 0 Å². The second kappa shape index (κ2) is 7.40. The summed E-state index contributed by atoms with van der Waals surface area (Å²) in [6, 6.07) is 0. The van der Waals surface area contributed by atoms with Crippen LogP contribution in [0.3, 0.4) is 0 Å². The summed E-state index contributed by atoms with van der Waals surface area (Å²) in [7, 11) is -0.306. The van der Waals surface area contributed by atoms with E-state index >= 15 is 0 Å². The van der Waals surface area contributed by atoms with Crippen molar-refractivity contribution >= 4 is 25.2 Å². The zero-order chi connectivity index (χ0) is 17.0. The number of hydrogen-bond acceptors (Lipinski definition) is 4. The molecule has 0 saturated carbocycles. The smallest absolute Gasteiger partial charge is 0.234 e. The molecule has 6 heteroatoms. The van der Waals surface area contributed by atoms with Crippen molar-refractivity contribution in [3.05, 3.63) is 24.3 Å². The van der Waals surface area contributed by atoms with Gasteiger partial charge in [-0.1, -0.05) is 39.0 Å². The van der Waals surface area contributed by atoms with Gasteiger partial charge in [-0.25, -0.2) is 0 Å². The summed E-state index contributed by atoms with van der Waals surface area (Å²) in [5, 5.41) is -0.360. The number of allylic oxidation sites excluding steroid dienone is 2. The minimum atomic E-state index is -1.81. The number of carbonyl (C=O) groups excluding carboxylic acids is 1. The molecule has 22 heavy (non-hydrogen) atoms. The van der Waals surface area contributed by atoms with Gasteiger partial charge in [-0.2, -0.15) is 0 Å². The Morgan fingerprint density at radius 2 is 1.91 bits per heavy atom. The van der Waals surface area contributed by atoms with E-state index in [-0.39, 0.29) is 5.04 Å². The maximum absolute atomic E-state index is 11.6. The lowest BCUT2D eigenvalue weighted by molar-refractivity contribution is -0.211. The Balaban J connectivity index is 2.63. The largest absolute Gasteiger partial charge is 0.414 e. The van der Waals surface area contributed by atoms with E-state index in [1.54, 1.807) is 24.3 Å². The molecule has 0 bridgehead atoms. The van der Waals surface area contributed by atoms with Gasteiger partial charge in [0.15, 0.2) is 8.32 Å². The molecule has 1 aliphatic rings. The van der Waals surface area contributed by atoms with Gasteiger partial charge in [0.1, 0.15) is 5.92 Å². The minimum absolute atomic E-state index is 0.147. The summed E-state index contributed by atoms with van der Waals surface area (Å²) >= 11 is 5.66. The Morgan fingerprint density at radius 3 is 2.41 bits per heavy atom. The van der Waals surface area contributed by atoms with Crippen molar-refractivity contribution in [3.8, 4) is 0 Å². The lowest BCUT2D eigenvalue weighted by Crippen LogP contribution is -2.46. The zero-order valence-electron chi connectivity index (χ0n) is 14.3. The first-order valence-electron chi connectivity index (χ1n) is 7.44. The lowest BCUT2D eigenvalue weighted by Gasteiger charge is -2.38. The fourth-order valence-corrected chi connectivity index (χ4v) is 3.19. The number of methoxy groups -OCH3 is 1. The van der Waals surface area contributed by atoms with Crippen LogP contribution >= 0.6 is 11.6 Å². The van der Waals surface area contributed by atoms with Gasteiger partial charge in [0.05, 0.1) is 13.2 Å². The van der Waals surface area contributed by atoms with Crippen molar-refractivity contribution in [3.63, 3.8) is 0 Å². The standard InChI is InChI=1S/C16H27ClO4Si/c1-15(2,3)22(5,6)21-12-11-20-16(19-4)10-8-7-9-13(16)14(17)18/h7-10,13H,11-12H2,1-6H3. The van der Waals surface area contributed by atoms with Crippen LogP contribution in [0.25, 0.3) is 0 Å². The summed E-state index contributed by atoms with van der Waals surface area (Å²) in [6.45, 7) is 11.7. The minimum Gasteiger partial charge on any atom is -0.414 e. The van der Waals surface area contributed by atoms with Crippen molar-refractivity contribution in [2.24, 2.45) is 5.92 Å². The highest BCUT2D eigenvalue weighted by molar-refractivity contribution is 6.74. The SMILES string of the molecule is COC1(OCCO[Si](C)(C)C(C)(C)C)C=CC=CC1C(=O)Cl. The van der Waals surface area contributed by atoms with Gasteiger partial charge in [0.2, 0.25) is 11.0 Å². The molecule has 1 rings (SSSR count). The monoisotopic (exact) mass is 346 g/mol. The molecule has 1 aliphatic carbocycles. The van der Waals surface area contributed by atoms with Crippen LogP contribution in [0, 0.1) is 5.92 Å². The molecule has 0 fully saturated rings. The molecule has 0 heterocycles. The third-order valence-corrected chi connectivity index (χ3v) is 9.19.